The first-order valence-corrected chi connectivity index (χ1v) is 15.1. The minimum atomic E-state index is 0.227. The summed E-state index contributed by atoms with van der Waals surface area (Å²) < 4.78 is 8.25. The highest BCUT2D eigenvalue weighted by Gasteiger charge is 2.22. The number of hydrogen-bond donors (Lipinski definition) is 0. The maximum absolute atomic E-state index is 4.57. The zero-order valence-corrected chi connectivity index (χ0v) is 25.1. The van der Waals surface area contributed by atoms with Gasteiger partial charge in [0.15, 0.2) is 37.9 Å². The van der Waals surface area contributed by atoms with Gasteiger partial charge in [-0.15, -0.1) is 16.4 Å². The van der Waals surface area contributed by atoms with Crippen molar-refractivity contribution in [1.82, 2.24) is 34.7 Å². The monoisotopic (exact) mass is 577 g/mol. The van der Waals surface area contributed by atoms with Crippen LogP contribution in [-0.4, -0.2) is 34.7 Å². The normalized spacial score (nSPS) is 13.0. The minimum absolute atomic E-state index is 0.227. The van der Waals surface area contributed by atoms with E-state index in [1.54, 1.807) is 23.7 Å². The predicted octanol–water partition coefficient (Wildman–Crippen LogP) is 5.28. The Labute approximate surface area is 249 Å². The lowest BCUT2D eigenvalue weighted by Crippen LogP contribution is -2.39. The highest BCUT2D eigenvalue weighted by Crippen LogP contribution is 2.25. The van der Waals surface area contributed by atoms with E-state index in [4.69, 9.17) is 0 Å². The van der Waals surface area contributed by atoms with Crippen molar-refractivity contribution in [2.75, 3.05) is 0 Å². The van der Waals surface area contributed by atoms with Gasteiger partial charge in [-0.25, -0.2) is 23.5 Å². The van der Waals surface area contributed by atoms with Crippen molar-refractivity contribution in [1.29, 1.82) is 0 Å². The topological polar surface area (TPSA) is 82.1 Å². The molecule has 212 valence electrons. The van der Waals surface area contributed by atoms with E-state index in [2.05, 4.69) is 105 Å². The highest BCUT2D eigenvalue weighted by molar-refractivity contribution is 7.13. The van der Waals surface area contributed by atoms with Gasteiger partial charge in [-0.2, -0.15) is 5.10 Å². The second-order valence-electron chi connectivity index (χ2n) is 11.1. The summed E-state index contributed by atoms with van der Waals surface area (Å²) in [6.07, 6.45) is 21.9. The summed E-state index contributed by atoms with van der Waals surface area (Å²) in [7, 11) is 0. The Hall–Kier alpha value is -4.57. The summed E-state index contributed by atoms with van der Waals surface area (Å²) in [6.45, 7) is 10.6. The van der Waals surface area contributed by atoms with Crippen molar-refractivity contribution in [2.24, 2.45) is 0 Å². The first-order valence-electron chi connectivity index (χ1n) is 14.2. The van der Waals surface area contributed by atoms with E-state index in [1.165, 1.54) is 11.1 Å². The summed E-state index contributed by atoms with van der Waals surface area (Å²) in [6, 6.07) is 8.56. The molecule has 0 aliphatic rings. The second-order valence-corrected chi connectivity index (χ2v) is 12.0. The summed E-state index contributed by atoms with van der Waals surface area (Å²) in [5.41, 5.74) is 6.80. The van der Waals surface area contributed by atoms with E-state index in [9.17, 15) is 0 Å². The molecule has 0 unspecified atom stereocenters. The number of hydrogen-bond acceptors (Lipinski definition) is 6. The molecule has 6 rings (SSSR count). The van der Waals surface area contributed by atoms with Crippen molar-refractivity contribution >= 4 is 11.3 Å². The number of pyridine rings is 3. The van der Waals surface area contributed by atoms with Crippen molar-refractivity contribution in [3.63, 3.8) is 0 Å². The molecule has 0 aromatic carbocycles. The average molecular weight is 578 g/mol. The molecule has 0 fully saturated rings. The Morgan fingerprint density at radius 3 is 2.26 bits per heavy atom. The molecule has 2 atom stereocenters. The molecule has 6 heterocycles. The third kappa shape index (κ3) is 6.18. The van der Waals surface area contributed by atoms with Crippen LogP contribution in [0.15, 0.2) is 97.8 Å². The lowest BCUT2D eigenvalue weighted by atomic mass is 10.00. The average Bonchev–Trinajstić information content (AvgIpc) is 3.81. The van der Waals surface area contributed by atoms with Gasteiger partial charge in [0.2, 0.25) is 0 Å². The molecular formula is C32H35N9S+2. The Bertz CT molecular complexity index is 1740. The van der Waals surface area contributed by atoms with E-state index < -0.39 is 0 Å². The number of nitrogens with zero attached hydrogens (tertiary/aromatic N) is 9. The number of rotatable bonds is 10. The third-order valence-electron chi connectivity index (χ3n) is 7.52. The van der Waals surface area contributed by atoms with E-state index in [1.807, 2.05) is 51.8 Å². The summed E-state index contributed by atoms with van der Waals surface area (Å²) in [5.74, 6) is 0.897. The maximum atomic E-state index is 4.57. The van der Waals surface area contributed by atoms with Crippen molar-refractivity contribution in [3.05, 3.63) is 115 Å². The molecule has 0 saturated heterocycles. The molecule has 0 aliphatic carbocycles. The van der Waals surface area contributed by atoms with Gasteiger partial charge in [-0.05, 0) is 35.7 Å². The van der Waals surface area contributed by atoms with Crippen LogP contribution in [0.5, 0.6) is 0 Å². The van der Waals surface area contributed by atoms with Gasteiger partial charge in [0, 0.05) is 53.1 Å². The Morgan fingerprint density at radius 1 is 0.762 bits per heavy atom. The standard InChI is InChI=1S/C32H35N9S/c1-23(2)27-12-29(32-34-8-11-42-32)21-38(19-27)18-25(4)28-14-31(41-10-7-35-37-41)22-39(20-28)17-24(3)26-13-30(16-33-15-26)40-9-5-6-36-40/h5-16,19-25H,17-18H2,1-4H3/q+2/t24-,25-/m0/s1. The van der Waals surface area contributed by atoms with Crippen molar-refractivity contribution < 1.29 is 9.13 Å². The zero-order valence-electron chi connectivity index (χ0n) is 24.3. The molecule has 0 bridgehead atoms. The Morgan fingerprint density at radius 2 is 1.55 bits per heavy atom. The van der Waals surface area contributed by atoms with Crippen LogP contribution in [0, 0.1) is 0 Å². The predicted molar refractivity (Wildman–Crippen MR) is 162 cm³/mol. The van der Waals surface area contributed by atoms with Crippen LogP contribution >= 0.6 is 11.3 Å². The molecule has 42 heavy (non-hydrogen) atoms. The van der Waals surface area contributed by atoms with Crippen molar-refractivity contribution in [2.45, 2.75) is 58.5 Å². The number of thiazole rings is 1. The summed E-state index contributed by atoms with van der Waals surface area (Å²) in [4.78, 5) is 9.07. The molecule has 9 nitrogen and oxygen atoms in total. The molecule has 0 saturated carbocycles. The van der Waals surface area contributed by atoms with E-state index in [-0.39, 0.29) is 11.8 Å². The fourth-order valence-electron chi connectivity index (χ4n) is 5.16. The fourth-order valence-corrected chi connectivity index (χ4v) is 5.78. The molecule has 6 aromatic heterocycles. The van der Waals surface area contributed by atoms with Crippen molar-refractivity contribution in [3.8, 4) is 21.9 Å². The Balaban J connectivity index is 1.30. The lowest BCUT2D eigenvalue weighted by molar-refractivity contribution is -0.704. The number of aromatic nitrogens is 9. The smallest absolute Gasteiger partial charge is 0.194 e. The van der Waals surface area contributed by atoms with Crippen LogP contribution in [0.1, 0.15) is 62.1 Å². The van der Waals surface area contributed by atoms with Gasteiger partial charge >= 0.3 is 0 Å². The lowest BCUT2D eigenvalue weighted by Gasteiger charge is -2.14. The molecule has 6 aromatic rings. The zero-order chi connectivity index (χ0) is 29.1. The maximum Gasteiger partial charge on any atom is 0.194 e. The van der Waals surface area contributed by atoms with Gasteiger partial charge in [-0.3, -0.25) is 4.98 Å². The molecule has 0 amide bonds. The Kier molecular flexibility index (Phi) is 7.96. The van der Waals surface area contributed by atoms with Crippen LogP contribution in [0.2, 0.25) is 0 Å². The van der Waals surface area contributed by atoms with Crippen LogP contribution < -0.4 is 9.13 Å². The van der Waals surface area contributed by atoms with Crippen LogP contribution in [0.3, 0.4) is 0 Å². The second kappa shape index (κ2) is 12.1. The van der Waals surface area contributed by atoms with Gasteiger partial charge in [0.05, 0.1) is 29.8 Å². The molecular weight excluding hydrogens is 542 g/mol. The van der Waals surface area contributed by atoms with Crippen LogP contribution in [0.25, 0.3) is 21.9 Å². The molecule has 0 aliphatic heterocycles. The van der Waals surface area contributed by atoms with E-state index in [0.717, 1.165) is 40.6 Å². The van der Waals surface area contributed by atoms with Gasteiger partial charge in [0.1, 0.15) is 10.7 Å². The van der Waals surface area contributed by atoms with Gasteiger partial charge in [-0.1, -0.05) is 32.9 Å². The molecule has 0 radical (unpaired) electrons. The van der Waals surface area contributed by atoms with Crippen LogP contribution in [0.4, 0.5) is 0 Å². The van der Waals surface area contributed by atoms with Gasteiger partial charge in [0.25, 0.3) is 0 Å². The molecule has 0 spiro atoms. The van der Waals surface area contributed by atoms with E-state index in [0.29, 0.717) is 5.92 Å². The summed E-state index contributed by atoms with van der Waals surface area (Å²) >= 11 is 1.67. The molecule has 10 heteroatoms. The minimum Gasteiger partial charge on any atom is -0.262 e. The first kappa shape index (κ1) is 27.6. The van der Waals surface area contributed by atoms with Crippen LogP contribution in [-0.2, 0) is 13.1 Å². The SMILES string of the molecule is CC(C)c1cc(-c2nccs2)c[n+](C[C@H](C)c2cc(-n3ccnn3)c[n+](C[C@H](C)c3cncc(-n4cccn4)c3)c2)c1. The molecule has 0 N–H and O–H groups in total. The largest absolute Gasteiger partial charge is 0.262 e. The fraction of sp³-hybridized carbons (Fsp3) is 0.281. The quantitative estimate of drug-likeness (QED) is 0.207. The third-order valence-corrected chi connectivity index (χ3v) is 8.35. The van der Waals surface area contributed by atoms with Gasteiger partial charge < -0.3 is 0 Å². The highest BCUT2D eigenvalue weighted by atomic mass is 32.1. The first-order chi connectivity index (χ1) is 20.4. The summed E-state index contributed by atoms with van der Waals surface area (Å²) in [5, 5.41) is 15.8. The van der Waals surface area contributed by atoms with E-state index >= 15 is 0 Å².